The number of nitrogens with zero attached hydrogens (tertiary/aromatic N) is 3. The average molecular weight is 351 g/mol. The monoisotopic (exact) mass is 351 g/mol. The van der Waals surface area contributed by atoms with Crippen LogP contribution in [-0.4, -0.2) is 53.8 Å². The van der Waals surface area contributed by atoms with E-state index in [0.717, 1.165) is 5.69 Å². The van der Waals surface area contributed by atoms with Crippen molar-refractivity contribution in [2.24, 2.45) is 0 Å². The van der Waals surface area contributed by atoms with E-state index in [0.29, 0.717) is 22.0 Å². The Labute approximate surface area is 139 Å². The Morgan fingerprint density at radius 3 is 2.78 bits per heavy atom. The van der Waals surface area contributed by atoms with E-state index in [9.17, 15) is 13.2 Å². The van der Waals surface area contributed by atoms with Crippen LogP contribution in [0.25, 0.3) is 10.7 Å². The minimum atomic E-state index is -3.02. The highest BCUT2D eigenvalue weighted by Gasteiger charge is 2.34. The summed E-state index contributed by atoms with van der Waals surface area (Å²) < 4.78 is 23.2. The van der Waals surface area contributed by atoms with Gasteiger partial charge in [0.15, 0.2) is 9.84 Å². The van der Waals surface area contributed by atoms with Gasteiger partial charge in [0.2, 0.25) is 0 Å². The fraction of sp³-hybridized carbons (Fsp3) is 0.400. The number of pyridine rings is 1. The maximum absolute atomic E-state index is 12.7. The Kier molecular flexibility index (Phi) is 4.20. The molecule has 0 aromatic carbocycles. The predicted molar refractivity (Wildman–Crippen MR) is 89.2 cm³/mol. The van der Waals surface area contributed by atoms with Gasteiger partial charge in [-0.2, -0.15) is 0 Å². The predicted octanol–water partition coefficient (Wildman–Crippen LogP) is 1.77. The fourth-order valence-electron chi connectivity index (χ4n) is 2.60. The van der Waals surface area contributed by atoms with Crippen molar-refractivity contribution in [2.45, 2.75) is 19.4 Å². The number of aromatic nitrogens is 2. The van der Waals surface area contributed by atoms with Crippen molar-refractivity contribution in [2.75, 3.05) is 18.6 Å². The zero-order chi connectivity index (χ0) is 16.6. The molecule has 1 atom stereocenters. The molecule has 2 aromatic rings. The first-order valence-electron chi connectivity index (χ1n) is 7.24. The SMILES string of the molecule is Cc1nc(-c2ccccn2)sc1C(=O)N(C)C1CCS(=O)(=O)C1. The van der Waals surface area contributed by atoms with Crippen LogP contribution in [0.3, 0.4) is 0 Å². The lowest BCUT2D eigenvalue weighted by Gasteiger charge is -2.22. The molecule has 1 unspecified atom stereocenters. The van der Waals surface area contributed by atoms with Gasteiger partial charge in [-0.1, -0.05) is 6.07 Å². The summed E-state index contributed by atoms with van der Waals surface area (Å²) in [5.74, 6) is 0.0142. The van der Waals surface area contributed by atoms with Crippen molar-refractivity contribution in [1.29, 1.82) is 0 Å². The van der Waals surface area contributed by atoms with E-state index in [1.54, 1.807) is 20.2 Å². The zero-order valence-electron chi connectivity index (χ0n) is 12.9. The van der Waals surface area contributed by atoms with Crippen LogP contribution < -0.4 is 0 Å². The molecule has 0 bridgehead atoms. The lowest BCUT2D eigenvalue weighted by Crippen LogP contribution is -2.37. The van der Waals surface area contributed by atoms with Gasteiger partial charge in [0.1, 0.15) is 9.88 Å². The molecule has 1 aliphatic rings. The van der Waals surface area contributed by atoms with Crippen LogP contribution >= 0.6 is 11.3 Å². The number of carbonyl (C=O) groups is 1. The lowest BCUT2D eigenvalue weighted by atomic mass is 10.2. The molecule has 1 fully saturated rings. The van der Waals surface area contributed by atoms with Crippen molar-refractivity contribution in [3.8, 4) is 10.7 Å². The maximum atomic E-state index is 12.7. The van der Waals surface area contributed by atoms with Crippen molar-refractivity contribution in [3.63, 3.8) is 0 Å². The van der Waals surface area contributed by atoms with E-state index in [2.05, 4.69) is 9.97 Å². The third-order valence-corrected chi connectivity index (χ3v) is 6.87. The molecule has 1 aliphatic heterocycles. The molecule has 2 aromatic heterocycles. The number of sulfone groups is 1. The van der Waals surface area contributed by atoms with E-state index in [4.69, 9.17) is 0 Å². The molecular formula is C15H17N3O3S2. The van der Waals surface area contributed by atoms with Gasteiger partial charge < -0.3 is 4.90 Å². The van der Waals surface area contributed by atoms with Crippen LogP contribution in [0.15, 0.2) is 24.4 Å². The highest BCUT2D eigenvalue weighted by molar-refractivity contribution is 7.91. The molecule has 23 heavy (non-hydrogen) atoms. The molecule has 8 heteroatoms. The van der Waals surface area contributed by atoms with Crippen molar-refractivity contribution >= 4 is 27.1 Å². The van der Waals surface area contributed by atoms with Gasteiger partial charge in [0.05, 0.1) is 22.9 Å². The molecule has 3 rings (SSSR count). The van der Waals surface area contributed by atoms with Gasteiger partial charge >= 0.3 is 0 Å². The van der Waals surface area contributed by atoms with E-state index >= 15 is 0 Å². The Morgan fingerprint density at radius 2 is 2.17 bits per heavy atom. The van der Waals surface area contributed by atoms with Gasteiger partial charge in [0, 0.05) is 19.3 Å². The number of hydrogen-bond donors (Lipinski definition) is 0. The van der Waals surface area contributed by atoms with E-state index in [1.807, 2.05) is 18.2 Å². The number of rotatable bonds is 3. The summed E-state index contributed by atoms with van der Waals surface area (Å²) in [5.41, 5.74) is 1.37. The number of carbonyl (C=O) groups excluding carboxylic acids is 1. The number of hydrogen-bond acceptors (Lipinski definition) is 6. The number of aryl methyl sites for hydroxylation is 1. The Morgan fingerprint density at radius 1 is 1.39 bits per heavy atom. The number of amides is 1. The first kappa shape index (κ1) is 16.1. The largest absolute Gasteiger partial charge is 0.337 e. The topological polar surface area (TPSA) is 80.2 Å². The molecule has 3 heterocycles. The van der Waals surface area contributed by atoms with Crippen LogP contribution in [0, 0.1) is 6.92 Å². The second-order valence-electron chi connectivity index (χ2n) is 5.62. The summed E-state index contributed by atoms with van der Waals surface area (Å²) in [6, 6.07) is 5.28. The summed E-state index contributed by atoms with van der Waals surface area (Å²) in [6.07, 6.45) is 2.18. The first-order chi connectivity index (χ1) is 10.9. The average Bonchev–Trinajstić information content (AvgIpc) is 3.09. The van der Waals surface area contributed by atoms with Gasteiger partial charge in [-0.05, 0) is 25.5 Å². The molecule has 122 valence electrons. The quantitative estimate of drug-likeness (QED) is 0.842. The highest BCUT2D eigenvalue weighted by Crippen LogP contribution is 2.28. The van der Waals surface area contributed by atoms with E-state index in [-0.39, 0.29) is 23.5 Å². The van der Waals surface area contributed by atoms with E-state index in [1.165, 1.54) is 16.2 Å². The second-order valence-corrected chi connectivity index (χ2v) is 8.85. The van der Waals surface area contributed by atoms with Crippen LogP contribution in [0.1, 0.15) is 21.8 Å². The summed E-state index contributed by atoms with van der Waals surface area (Å²) in [4.78, 5) is 23.4. The summed E-state index contributed by atoms with van der Waals surface area (Å²) in [5, 5.41) is 0.693. The molecule has 6 nitrogen and oxygen atoms in total. The van der Waals surface area contributed by atoms with Gasteiger partial charge in [-0.25, -0.2) is 13.4 Å². The highest BCUT2D eigenvalue weighted by atomic mass is 32.2. The molecule has 0 aliphatic carbocycles. The molecule has 1 saturated heterocycles. The van der Waals surface area contributed by atoms with Crippen LogP contribution in [0.4, 0.5) is 0 Å². The maximum Gasteiger partial charge on any atom is 0.265 e. The van der Waals surface area contributed by atoms with Gasteiger partial charge in [-0.3, -0.25) is 9.78 Å². The Balaban J connectivity index is 1.84. The zero-order valence-corrected chi connectivity index (χ0v) is 14.5. The molecule has 0 spiro atoms. The van der Waals surface area contributed by atoms with Crippen molar-refractivity contribution in [3.05, 3.63) is 35.0 Å². The molecule has 0 radical (unpaired) electrons. The third-order valence-electron chi connectivity index (χ3n) is 3.95. The minimum Gasteiger partial charge on any atom is -0.337 e. The van der Waals surface area contributed by atoms with Crippen molar-refractivity contribution in [1.82, 2.24) is 14.9 Å². The Bertz CT molecular complexity index is 831. The summed E-state index contributed by atoms with van der Waals surface area (Å²) >= 11 is 1.29. The van der Waals surface area contributed by atoms with Gasteiger partial charge in [0.25, 0.3) is 5.91 Å². The molecule has 1 amide bonds. The Hall–Kier alpha value is -1.80. The minimum absolute atomic E-state index is 0.0419. The van der Waals surface area contributed by atoms with Gasteiger partial charge in [-0.15, -0.1) is 11.3 Å². The molecular weight excluding hydrogens is 334 g/mol. The normalized spacial score (nSPS) is 19.7. The van der Waals surface area contributed by atoms with Crippen LogP contribution in [-0.2, 0) is 9.84 Å². The lowest BCUT2D eigenvalue weighted by molar-refractivity contribution is 0.0751. The molecule has 0 N–H and O–H groups in total. The standard InChI is InChI=1S/C15H17N3O3S2/c1-10-13(22-14(17-10)12-5-3-4-7-16-12)15(19)18(2)11-6-8-23(20,21)9-11/h3-5,7,11H,6,8-9H2,1-2H3. The van der Waals surface area contributed by atoms with Crippen LogP contribution in [0.5, 0.6) is 0 Å². The molecule has 0 saturated carbocycles. The first-order valence-corrected chi connectivity index (χ1v) is 9.87. The van der Waals surface area contributed by atoms with Crippen molar-refractivity contribution < 1.29 is 13.2 Å². The summed E-state index contributed by atoms with van der Waals surface area (Å²) in [6.45, 7) is 1.79. The summed E-state index contributed by atoms with van der Waals surface area (Å²) in [7, 11) is -1.36. The fourth-order valence-corrected chi connectivity index (χ4v) is 5.40. The third kappa shape index (κ3) is 3.28. The van der Waals surface area contributed by atoms with E-state index < -0.39 is 9.84 Å². The van der Waals surface area contributed by atoms with Crippen LogP contribution in [0.2, 0.25) is 0 Å². The number of thiazole rings is 1. The smallest absolute Gasteiger partial charge is 0.265 e. The second kappa shape index (κ2) is 6.01.